The van der Waals surface area contributed by atoms with Gasteiger partial charge in [0, 0.05) is 12.3 Å². The number of nitro benzene ring substituents is 1. The standard InChI is InChI=1S/C13H9FN2O5/c14-11-5-10(16(19)20)3-4-12(11)21-7-9-2-1-8(6-15-9)13(17)18/h1-6H,7H2,(H,17,18). The Labute approximate surface area is 117 Å². The minimum Gasteiger partial charge on any atom is -0.484 e. The smallest absolute Gasteiger partial charge is 0.337 e. The molecule has 21 heavy (non-hydrogen) atoms. The lowest BCUT2D eigenvalue weighted by molar-refractivity contribution is -0.385. The number of carbonyl (C=O) groups is 1. The first kappa shape index (κ1) is 14.4. The van der Waals surface area contributed by atoms with Crippen LogP contribution in [0.2, 0.25) is 0 Å². The van der Waals surface area contributed by atoms with Crippen LogP contribution in [0, 0.1) is 15.9 Å². The molecule has 0 aliphatic rings. The first-order valence-electron chi connectivity index (χ1n) is 5.72. The maximum absolute atomic E-state index is 13.6. The van der Waals surface area contributed by atoms with Gasteiger partial charge in [-0.05, 0) is 18.2 Å². The zero-order chi connectivity index (χ0) is 15.4. The van der Waals surface area contributed by atoms with E-state index in [-0.39, 0.29) is 23.6 Å². The van der Waals surface area contributed by atoms with Crippen molar-refractivity contribution in [3.05, 3.63) is 63.7 Å². The van der Waals surface area contributed by atoms with Crippen molar-refractivity contribution in [2.75, 3.05) is 0 Å². The van der Waals surface area contributed by atoms with Gasteiger partial charge in [-0.3, -0.25) is 15.1 Å². The Hall–Kier alpha value is -3.03. The number of aromatic carboxylic acids is 1. The number of nitrogens with zero attached hydrogens (tertiary/aromatic N) is 2. The maximum atomic E-state index is 13.6. The molecule has 1 N–H and O–H groups in total. The molecule has 0 aliphatic carbocycles. The molecule has 0 aliphatic heterocycles. The van der Waals surface area contributed by atoms with Crippen LogP contribution in [0.3, 0.4) is 0 Å². The molecule has 8 heteroatoms. The summed E-state index contributed by atoms with van der Waals surface area (Å²) in [5.41, 5.74) is 0.0572. The summed E-state index contributed by atoms with van der Waals surface area (Å²) in [6.45, 7) is -0.0887. The Bertz CT molecular complexity index is 687. The zero-order valence-corrected chi connectivity index (χ0v) is 10.5. The fourth-order valence-electron chi connectivity index (χ4n) is 1.51. The fraction of sp³-hybridized carbons (Fsp3) is 0.0769. The monoisotopic (exact) mass is 292 g/mol. The molecule has 7 nitrogen and oxygen atoms in total. The maximum Gasteiger partial charge on any atom is 0.337 e. The molecule has 0 atom stereocenters. The van der Waals surface area contributed by atoms with E-state index in [1.54, 1.807) is 0 Å². The first-order valence-corrected chi connectivity index (χ1v) is 5.72. The summed E-state index contributed by atoms with van der Waals surface area (Å²) in [5, 5.41) is 19.2. The average Bonchev–Trinajstić information content (AvgIpc) is 2.46. The fourth-order valence-corrected chi connectivity index (χ4v) is 1.51. The van der Waals surface area contributed by atoms with Gasteiger partial charge in [0.25, 0.3) is 5.69 Å². The van der Waals surface area contributed by atoms with E-state index in [9.17, 15) is 19.3 Å². The summed E-state index contributed by atoms with van der Waals surface area (Å²) >= 11 is 0. The molecule has 0 amide bonds. The number of hydrogen-bond acceptors (Lipinski definition) is 5. The molecule has 0 saturated carbocycles. The normalized spacial score (nSPS) is 10.1. The molecule has 0 unspecified atom stereocenters. The minimum absolute atomic E-state index is 0.0280. The lowest BCUT2D eigenvalue weighted by Crippen LogP contribution is -2.02. The lowest BCUT2D eigenvalue weighted by atomic mass is 10.2. The second kappa shape index (κ2) is 5.95. The van der Waals surface area contributed by atoms with Crippen molar-refractivity contribution in [2.45, 2.75) is 6.61 Å². The Morgan fingerprint density at radius 1 is 1.38 bits per heavy atom. The number of pyridine rings is 1. The highest BCUT2D eigenvalue weighted by atomic mass is 19.1. The highest BCUT2D eigenvalue weighted by molar-refractivity contribution is 5.87. The molecule has 0 bridgehead atoms. The summed E-state index contributed by atoms with van der Waals surface area (Å²) in [4.78, 5) is 24.3. The first-order chi connectivity index (χ1) is 9.97. The van der Waals surface area contributed by atoms with Gasteiger partial charge in [-0.1, -0.05) is 0 Å². The van der Waals surface area contributed by atoms with Crippen molar-refractivity contribution in [1.82, 2.24) is 4.98 Å². The van der Waals surface area contributed by atoms with Gasteiger partial charge in [-0.25, -0.2) is 9.18 Å². The molecule has 1 aromatic heterocycles. The molecule has 1 heterocycles. The third-order valence-corrected chi connectivity index (χ3v) is 2.57. The van der Waals surface area contributed by atoms with Crippen LogP contribution in [0.1, 0.15) is 16.1 Å². The van der Waals surface area contributed by atoms with Gasteiger partial charge < -0.3 is 9.84 Å². The summed E-state index contributed by atoms with van der Waals surface area (Å²) in [5.74, 6) is -2.10. The van der Waals surface area contributed by atoms with Gasteiger partial charge in [-0.15, -0.1) is 0 Å². The quantitative estimate of drug-likeness (QED) is 0.670. The summed E-state index contributed by atoms with van der Waals surface area (Å²) < 4.78 is 18.7. The van der Waals surface area contributed by atoms with Crippen molar-refractivity contribution < 1.29 is 24.0 Å². The van der Waals surface area contributed by atoms with Crippen LogP contribution in [0.25, 0.3) is 0 Å². The van der Waals surface area contributed by atoms with Crippen LogP contribution in [0.4, 0.5) is 10.1 Å². The van der Waals surface area contributed by atoms with Gasteiger partial charge >= 0.3 is 5.97 Å². The lowest BCUT2D eigenvalue weighted by Gasteiger charge is -2.06. The number of ether oxygens (including phenoxy) is 1. The van der Waals surface area contributed by atoms with E-state index in [0.29, 0.717) is 5.69 Å². The van der Waals surface area contributed by atoms with E-state index in [1.165, 1.54) is 12.1 Å². The number of halogens is 1. The number of rotatable bonds is 5. The molecule has 0 fully saturated rings. The highest BCUT2D eigenvalue weighted by Crippen LogP contribution is 2.23. The summed E-state index contributed by atoms with van der Waals surface area (Å²) in [6, 6.07) is 5.82. The van der Waals surface area contributed by atoms with Crippen molar-refractivity contribution in [3.63, 3.8) is 0 Å². The predicted molar refractivity (Wildman–Crippen MR) is 68.6 cm³/mol. The molecule has 0 saturated heterocycles. The molecule has 2 aromatic rings. The second-order valence-electron chi connectivity index (χ2n) is 4.00. The van der Waals surface area contributed by atoms with Gasteiger partial charge in [0.15, 0.2) is 11.6 Å². The number of carboxylic acid groups (broad SMARTS) is 1. The number of carboxylic acids is 1. The number of nitro groups is 1. The van der Waals surface area contributed by atoms with E-state index in [4.69, 9.17) is 9.84 Å². The van der Waals surface area contributed by atoms with E-state index < -0.39 is 16.7 Å². The van der Waals surface area contributed by atoms with Crippen LogP contribution < -0.4 is 4.74 Å². The van der Waals surface area contributed by atoms with Crippen molar-refractivity contribution >= 4 is 11.7 Å². The number of non-ortho nitro benzene ring substituents is 1. The average molecular weight is 292 g/mol. The summed E-state index contributed by atoms with van der Waals surface area (Å²) in [7, 11) is 0. The number of aromatic nitrogens is 1. The van der Waals surface area contributed by atoms with Crippen LogP contribution in [-0.4, -0.2) is 21.0 Å². The van der Waals surface area contributed by atoms with Crippen molar-refractivity contribution in [2.24, 2.45) is 0 Å². The SMILES string of the molecule is O=C(O)c1ccc(COc2ccc([N+](=O)[O-])cc2F)nc1. The number of hydrogen-bond donors (Lipinski definition) is 1. The van der Waals surface area contributed by atoms with E-state index in [2.05, 4.69) is 4.98 Å². The van der Waals surface area contributed by atoms with Gasteiger partial charge in [-0.2, -0.15) is 0 Å². The van der Waals surface area contributed by atoms with Crippen LogP contribution in [-0.2, 0) is 6.61 Å². The molecule has 0 spiro atoms. The van der Waals surface area contributed by atoms with Crippen molar-refractivity contribution in [1.29, 1.82) is 0 Å². The molecular weight excluding hydrogens is 283 g/mol. The molecule has 0 radical (unpaired) electrons. The van der Waals surface area contributed by atoms with Crippen molar-refractivity contribution in [3.8, 4) is 5.75 Å². The van der Waals surface area contributed by atoms with Crippen LogP contribution in [0.15, 0.2) is 36.5 Å². The van der Waals surface area contributed by atoms with E-state index >= 15 is 0 Å². The highest BCUT2D eigenvalue weighted by Gasteiger charge is 2.12. The number of benzene rings is 1. The van der Waals surface area contributed by atoms with Gasteiger partial charge in [0.05, 0.1) is 22.2 Å². The minimum atomic E-state index is -1.10. The third kappa shape index (κ3) is 3.50. The molecule has 108 valence electrons. The zero-order valence-electron chi connectivity index (χ0n) is 10.5. The molecule has 1 aromatic carbocycles. The largest absolute Gasteiger partial charge is 0.484 e. The Morgan fingerprint density at radius 3 is 2.67 bits per heavy atom. The third-order valence-electron chi connectivity index (χ3n) is 2.57. The predicted octanol–water partition coefficient (Wildman–Crippen LogP) is 2.41. The molecule has 2 rings (SSSR count). The topological polar surface area (TPSA) is 103 Å². The Balaban J connectivity index is 2.06. The van der Waals surface area contributed by atoms with E-state index in [0.717, 1.165) is 24.4 Å². The van der Waals surface area contributed by atoms with Crippen LogP contribution >= 0.6 is 0 Å². The molecular formula is C13H9FN2O5. The Kier molecular flexibility index (Phi) is 4.07. The van der Waals surface area contributed by atoms with E-state index in [1.807, 2.05) is 0 Å². The van der Waals surface area contributed by atoms with Crippen LogP contribution in [0.5, 0.6) is 5.75 Å². The Morgan fingerprint density at radius 2 is 2.14 bits per heavy atom. The van der Waals surface area contributed by atoms with Gasteiger partial charge in [0.1, 0.15) is 6.61 Å². The summed E-state index contributed by atoms with van der Waals surface area (Å²) in [6.07, 6.45) is 1.16. The second-order valence-corrected chi connectivity index (χ2v) is 4.00. The van der Waals surface area contributed by atoms with Gasteiger partial charge in [0.2, 0.25) is 0 Å².